The molecule has 0 unspecified atom stereocenters. The lowest BCUT2D eigenvalue weighted by Crippen LogP contribution is -2.48. The van der Waals surface area contributed by atoms with Crippen LogP contribution >= 0.6 is 0 Å². The van der Waals surface area contributed by atoms with Crippen LogP contribution in [0, 0.1) is 17.6 Å². The highest BCUT2D eigenvalue weighted by Crippen LogP contribution is 2.29. The molecule has 0 aliphatic carbocycles. The molecule has 7 heteroatoms. The summed E-state index contributed by atoms with van der Waals surface area (Å²) in [6, 6.07) is 3.44. The molecule has 3 saturated heterocycles. The van der Waals surface area contributed by atoms with Crippen molar-refractivity contribution in [2.24, 2.45) is 5.92 Å². The van der Waals surface area contributed by atoms with Gasteiger partial charge in [-0.15, -0.1) is 0 Å². The first kappa shape index (κ1) is 18.6. The first-order chi connectivity index (χ1) is 12.3. The molecule has 3 heterocycles. The SMILES string of the molecule is CN(C)C(=O)N1C[C@H]2CC[C@@H](C1)N(C(=O)CCc1ccc(F)cc1F)C2. The van der Waals surface area contributed by atoms with Gasteiger partial charge in [-0.3, -0.25) is 4.79 Å². The number of halogens is 2. The normalized spacial score (nSPS) is 22.3. The van der Waals surface area contributed by atoms with E-state index >= 15 is 0 Å². The second-order valence-corrected chi connectivity index (χ2v) is 7.46. The Bertz CT molecular complexity index is 695. The average molecular weight is 365 g/mol. The van der Waals surface area contributed by atoms with Crippen LogP contribution in [0.5, 0.6) is 0 Å². The first-order valence-corrected chi connectivity index (χ1v) is 9.04. The number of benzene rings is 1. The van der Waals surface area contributed by atoms with Gasteiger partial charge in [0, 0.05) is 52.3 Å². The minimum atomic E-state index is -0.618. The summed E-state index contributed by atoms with van der Waals surface area (Å²) >= 11 is 0. The third-order valence-corrected chi connectivity index (χ3v) is 5.31. The van der Waals surface area contributed by atoms with Crippen LogP contribution in [0.15, 0.2) is 18.2 Å². The molecule has 2 atom stereocenters. The number of aryl methyl sites for hydroxylation is 1. The Morgan fingerprint density at radius 3 is 2.62 bits per heavy atom. The molecule has 2 bridgehead atoms. The van der Waals surface area contributed by atoms with Crippen molar-refractivity contribution in [3.8, 4) is 0 Å². The summed E-state index contributed by atoms with van der Waals surface area (Å²) in [5.74, 6) is -0.974. The number of fused-ring (bicyclic) bond motifs is 4. The van der Waals surface area contributed by atoms with Crippen molar-refractivity contribution in [3.63, 3.8) is 0 Å². The zero-order chi connectivity index (χ0) is 18.8. The molecule has 3 aliphatic heterocycles. The van der Waals surface area contributed by atoms with Crippen molar-refractivity contribution in [2.45, 2.75) is 31.7 Å². The van der Waals surface area contributed by atoms with Crippen LogP contribution in [-0.2, 0) is 11.2 Å². The highest BCUT2D eigenvalue weighted by atomic mass is 19.1. The third-order valence-electron chi connectivity index (χ3n) is 5.31. The van der Waals surface area contributed by atoms with Crippen LogP contribution in [-0.4, -0.2) is 66.4 Å². The van der Waals surface area contributed by atoms with Crippen LogP contribution in [0.25, 0.3) is 0 Å². The molecule has 142 valence electrons. The van der Waals surface area contributed by atoms with Gasteiger partial charge in [0.15, 0.2) is 0 Å². The molecule has 0 radical (unpaired) electrons. The molecular weight excluding hydrogens is 340 g/mol. The van der Waals surface area contributed by atoms with Gasteiger partial charge in [-0.05, 0) is 36.8 Å². The van der Waals surface area contributed by atoms with Crippen molar-refractivity contribution in [1.29, 1.82) is 0 Å². The monoisotopic (exact) mass is 365 g/mol. The molecule has 5 nitrogen and oxygen atoms in total. The molecule has 0 aromatic heterocycles. The summed E-state index contributed by atoms with van der Waals surface area (Å²) in [7, 11) is 3.46. The standard InChI is InChI=1S/C19H25F2N3O2/c1-22(2)19(26)23-10-13-3-7-16(12-23)24(11-13)18(25)8-5-14-4-6-15(20)9-17(14)21/h4,6,9,13,16H,3,5,7-8,10-12H2,1-2H3/t13-,16+/m1/s1. The zero-order valence-corrected chi connectivity index (χ0v) is 15.3. The van der Waals surface area contributed by atoms with Crippen LogP contribution in [0.2, 0.25) is 0 Å². The van der Waals surface area contributed by atoms with Crippen LogP contribution in [0.1, 0.15) is 24.8 Å². The van der Waals surface area contributed by atoms with E-state index in [1.54, 1.807) is 19.0 Å². The lowest BCUT2D eigenvalue weighted by Gasteiger charge is -2.36. The predicted octanol–water partition coefficient (Wildman–Crippen LogP) is 2.50. The summed E-state index contributed by atoms with van der Waals surface area (Å²) in [5.41, 5.74) is 0.351. The highest BCUT2D eigenvalue weighted by molar-refractivity contribution is 5.78. The number of nitrogens with zero attached hydrogens (tertiary/aromatic N) is 3. The van der Waals surface area contributed by atoms with Crippen molar-refractivity contribution in [1.82, 2.24) is 14.7 Å². The molecular formula is C19H25F2N3O2. The van der Waals surface area contributed by atoms with E-state index in [9.17, 15) is 18.4 Å². The maximum absolute atomic E-state index is 13.8. The number of hydrogen-bond donors (Lipinski definition) is 0. The Labute approximate surface area is 152 Å². The van der Waals surface area contributed by atoms with Gasteiger partial charge in [-0.2, -0.15) is 0 Å². The number of amides is 3. The predicted molar refractivity (Wildman–Crippen MR) is 93.6 cm³/mol. The Morgan fingerprint density at radius 1 is 1.15 bits per heavy atom. The molecule has 0 N–H and O–H groups in total. The Morgan fingerprint density at radius 2 is 1.92 bits per heavy atom. The lowest BCUT2D eigenvalue weighted by molar-refractivity contribution is -0.135. The van der Waals surface area contributed by atoms with Crippen LogP contribution in [0.4, 0.5) is 13.6 Å². The Kier molecular flexibility index (Phi) is 5.44. The molecule has 3 amide bonds. The molecule has 4 rings (SSSR count). The minimum absolute atomic E-state index is 0.0169. The summed E-state index contributed by atoms with van der Waals surface area (Å²) in [4.78, 5) is 30.3. The van der Waals surface area contributed by atoms with Gasteiger partial charge in [0.25, 0.3) is 0 Å². The number of urea groups is 1. The number of carbonyl (C=O) groups excluding carboxylic acids is 2. The number of carbonyl (C=O) groups is 2. The van der Waals surface area contributed by atoms with Gasteiger partial charge in [0.05, 0.1) is 0 Å². The van der Waals surface area contributed by atoms with E-state index in [-0.39, 0.29) is 36.7 Å². The Balaban J connectivity index is 1.64. The smallest absolute Gasteiger partial charge is 0.319 e. The van der Waals surface area contributed by atoms with Crippen molar-refractivity contribution in [2.75, 3.05) is 33.7 Å². The summed E-state index contributed by atoms with van der Waals surface area (Å²) < 4.78 is 26.8. The number of rotatable bonds is 3. The van der Waals surface area contributed by atoms with E-state index in [1.807, 2.05) is 9.80 Å². The van der Waals surface area contributed by atoms with Gasteiger partial charge < -0.3 is 14.7 Å². The molecule has 0 spiro atoms. The fraction of sp³-hybridized carbons (Fsp3) is 0.579. The number of piperidine rings is 1. The van der Waals surface area contributed by atoms with E-state index in [0.29, 0.717) is 25.2 Å². The van der Waals surface area contributed by atoms with Gasteiger partial charge in [0.2, 0.25) is 5.91 Å². The van der Waals surface area contributed by atoms with Gasteiger partial charge >= 0.3 is 6.03 Å². The van der Waals surface area contributed by atoms with E-state index in [1.165, 1.54) is 12.1 Å². The highest BCUT2D eigenvalue weighted by Gasteiger charge is 2.38. The van der Waals surface area contributed by atoms with Crippen molar-refractivity contribution in [3.05, 3.63) is 35.4 Å². The molecule has 26 heavy (non-hydrogen) atoms. The second-order valence-electron chi connectivity index (χ2n) is 7.46. The van der Waals surface area contributed by atoms with Gasteiger partial charge in [-0.1, -0.05) is 6.07 Å². The second kappa shape index (κ2) is 7.60. The van der Waals surface area contributed by atoms with E-state index in [4.69, 9.17) is 0 Å². The van der Waals surface area contributed by atoms with Gasteiger partial charge in [-0.25, -0.2) is 13.6 Å². The van der Waals surface area contributed by atoms with Crippen molar-refractivity contribution < 1.29 is 18.4 Å². The molecule has 1 aromatic carbocycles. The molecule has 3 fully saturated rings. The largest absolute Gasteiger partial charge is 0.338 e. The van der Waals surface area contributed by atoms with E-state index < -0.39 is 11.6 Å². The van der Waals surface area contributed by atoms with Crippen molar-refractivity contribution >= 4 is 11.9 Å². The van der Waals surface area contributed by atoms with E-state index in [2.05, 4.69) is 0 Å². The topological polar surface area (TPSA) is 43.9 Å². The molecule has 1 aromatic rings. The number of hydrogen-bond acceptors (Lipinski definition) is 2. The average Bonchev–Trinajstić information content (AvgIpc) is 2.91. The van der Waals surface area contributed by atoms with Crippen LogP contribution in [0.3, 0.4) is 0 Å². The molecule has 0 saturated carbocycles. The quantitative estimate of drug-likeness (QED) is 0.826. The maximum atomic E-state index is 13.8. The fourth-order valence-corrected chi connectivity index (χ4v) is 3.94. The summed E-state index contributed by atoms with van der Waals surface area (Å²) in [5, 5.41) is 0. The first-order valence-electron chi connectivity index (χ1n) is 9.04. The fourth-order valence-electron chi connectivity index (χ4n) is 3.94. The van der Waals surface area contributed by atoms with Crippen LogP contribution < -0.4 is 0 Å². The van der Waals surface area contributed by atoms with Gasteiger partial charge in [0.1, 0.15) is 11.6 Å². The lowest BCUT2D eigenvalue weighted by atomic mass is 9.94. The van der Waals surface area contributed by atoms with E-state index in [0.717, 1.165) is 18.9 Å². The summed E-state index contributed by atoms with van der Waals surface area (Å²) in [6.45, 7) is 1.86. The minimum Gasteiger partial charge on any atom is -0.338 e. The zero-order valence-electron chi connectivity index (χ0n) is 15.3. The Hall–Kier alpha value is -2.18. The third kappa shape index (κ3) is 3.97. The maximum Gasteiger partial charge on any atom is 0.319 e. The summed E-state index contributed by atoms with van der Waals surface area (Å²) in [6.07, 6.45) is 2.34. The molecule has 3 aliphatic rings.